The summed E-state index contributed by atoms with van der Waals surface area (Å²) >= 11 is 0. The van der Waals surface area contributed by atoms with Gasteiger partial charge in [0.1, 0.15) is 5.75 Å². The molecular weight excluding hydrogens is 357 g/mol. The van der Waals surface area contributed by atoms with E-state index in [0.717, 1.165) is 22.8 Å². The average Bonchev–Trinajstić information content (AvgIpc) is 2.61. The van der Waals surface area contributed by atoms with Crippen LogP contribution in [0.15, 0.2) is 48.0 Å². The van der Waals surface area contributed by atoms with Gasteiger partial charge in [-0.25, -0.2) is 4.79 Å². The molecule has 0 amide bonds. The number of carboxylic acids is 1. The Balaban J connectivity index is 2.02. The normalized spacial score (nSPS) is 19.1. The van der Waals surface area contributed by atoms with Crippen molar-refractivity contribution in [2.24, 2.45) is 0 Å². The van der Waals surface area contributed by atoms with Gasteiger partial charge >= 0.3 is 12.1 Å². The fraction of sp³-hybridized carbons (Fsp3) is 0.286. The number of benzene rings is 2. The molecule has 0 bridgehead atoms. The molecule has 1 atom stereocenters. The molecule has 0 radical (unpaired) electrons. The van der Waals surface area contributed by atoms with Crippen molar-refractivity contribution in [3.8, 4) is 5.75 Å². The van der Waals surface area contributed by atoms with E-state index in [1.54, 1.807) is 18.2 Å². The minimum atomic E-state index is -4.85. The van der Waals surface area contributed by atoms with Crippen LogP contribution >= 0.6 is 0 Å². The summed E-state index contributed by atoms with van der Waals surface area (Å²) in [6, 6.07) is 12.8. The first-order chi connectivity index (χ1) is 12.7. The van der Waals surface area contributed by atoms with E-state index in [1.165, 1.54) is 6.92 Å². The second kappa shape index (κ2) is 6.76. The van der Waals surface area contributed by atoms with E-state index in [4.69, 9.17) is 4.74 Å². The van der Waals surface area contributed by atoms with Crippen LogP contribution in [0.4, 0.5) is 13.2 Å². The largest absolute Gasteiger partial charge is 0.478 e. The fourth-order valence-corrected chi connectivity index (χ4v) is 3.26. The maximum atomic E-state index is 13.8. The summed E-state index contributed by atoms with van der Waals surface area (Å²) < 4.78 is 46.6. The summed E-state index contributed by atoms with van der Waals surface area (Å²) in [6.45, 7) is 3.25. The molecule has 0 aromatic heterocycles. The molecule has 1 unspecified atom stereocenters. The van der Waals surface area contributed by atoms with E-state index < -0.39 is 29.7 Å². The van der Waals surface area contributed by atoms with Crippen molar-refractivity contribution >= 4 is 12.0 Å². The van der Waals surface area contributed by atoms with Gasteiger partial charge in [0.05, 0.1) is 5.57 Å². The second-order valence-electron chi connectivity index (χ2n) is 6.68. The Labute approximate surface area is 155 Å². The summed E-state index contributed by atoms with van der Waals surface area (Å²) in [4.78, 5) is 11.5. The third-order valence-electron chi connectivity index (χ3n) is 4.81. The van der Waals surface area contributed by atoms with Gasteiger partial charge in [0.15, 0.2) is 0 Å². The number of hydrogen-bond acceptors (Lipinski definition) is 2. The standard InChI is InChI=1S/C21H19F3O3/c1-3-20(21(22,23)24)17(19(25)26)12-16-9-8-15(11-18(16)27-20)10-14-6-4-13(2)5-7-14/h4-9,11-12H,3,10H2,1-2H3,(H,25,26). The lowest BCUT2D eigenvalue weighted by molar-refractivity contribution is -0.236. The lowest BCUT2D eigenvalue weighted by Crippen LogP contribution is -2.54. The molecule has 2 aromatic rings. The Hall–Kier alpha value is -2.76. The Morgan fingerprint density at radius 3 is 2.30 bits per heavy atom. The van der Waals surface area contributed by atoms with Crippen LogP contribution in [0.5, 0.6) is 5.75 Å². The predicted molar refractivity (Wildman–Crippen MR) is 95.7 cm³/mol. The SMILES string of the molecule is CCC1(C(F)(F)F)Oc2cc(Cc3ccc(C)cc3)ccc2C=C1C(=O)O. The van der Waals surface area contributed by atoms with Crippen molar-refractivity contribution in [3.05, 3.63) is 70.3 Å². The zero-order valence-corrected chi connectivity index (χ0v) is 14.9. The van der Waals surface area contributed by atoms with Crippen LogP contribution in [0, 0.1) is 6.92 Å². The number of rotatable bonds is 4. The summed E-state index contributed by atoms with van der Waals surface area (Å²) in [5.41, 5.74) is -0.386. The monoisotopic (exact) mass is 376 g/mol. The molecule has 1 aliphatic heterocycles. The highest BCUT2D eigenvalue weighted by molar-refractivity contribution is 5.96. The van der Waals surface area contributed by atoms with Crippen LogP contribution in [0.2, 0.25) is 0 Å². The van der Waals surface area contributed by atoms with Gasteiger partial charge in [-0.2, -0.15) is 13.2 Å². The topological polar surface area (TPSA) is 46.5 Å². The van der Waals surface area contributed by atoms with E-state index in [-0.39, 0.29) is 5.75 Å². The lowest BCUT2D eigenvalue weighted by Gasteiger charge is -2.38. The van der Waals surface area contributed by atoms with E-state index in [0.29, 0.717) is 12.0 Å². The molecule has 3 rings (SSSR count). The number of halogens is 3. The van der Waals surface area contributed by atoms with Gasteiger partial charge in [-0.15, -0.1) is 0 Å². The maximum absolute atomic E-state index is 13.8. The first kappa shape index (κ1) is 19.0. The molecule has 0 fully saturated rings. The molecule has 6 heteroatoms. The minimum Gasteiger partial charge on any atom is -0.478 e. The summed E-state index contributed by atoms with van der Waals surface area (Å²) in [5.74, 6) is -1.59. The van der Waals surface area contributed by atoms with Crippen molar-refractivity contribution in [1.82, 2.24) is 0 Å². The molecule has 0 spiro atoms. The molecule has 142 valence electrons. The first-order valence-corrected chi connectivity index (χ1v) is 8.56. The molecule has 2 aromatic carbocycles. The highest BCUT2D eigenvalue weighted by Gasteiger charge is 2.61. The molecule has 0 saturated heterocycles. The number of ether oxygens (including phenoxy) is 1. The van der Waals surface area contributed by atoms with E-state index >= 15 is 0 Å². The van der Waals surface area contributed by atoms with Crippen molar-refractivity contribution < 1.29 is 27.8 Å². The number of aliphatic carboxylic acids is 1. The van der Waals surface area contributed by atoms with Gasteiger partial charge in [-0.3, -0.25) is 0 Å². The molecule has 3 nitrogen and oxygen atoms in total. The van der Waals surface area contributed by atoms with Crippen LogP contribution < -0.4 is 4.74 Å². The summed E-state index contributed by atoms with van der Waals surface area (Å²) in [6.07, 6.45) is -3.78. The number of aryl methyl sites for hydroxylation is 1. The van der Waals surface area contributed by atoms with Crippen LogP contribution in [0.3, 0.4) is 0 Å². The van der Waals surface area contributed by atoms with Crippen LogP contribution in [0.1, 0.15) is 35.6 Å². The minimum absolute atomic E-state index is 0.0452. The van der Waals surface area contributed by atoms with Crippen LogP contribution in [0.25, 0.3) is 6.08 Å². The predicted octanol–water partition coefficient (Wildman–Crippen LogP) is 5.16. The molecular formula is C21H19F3O3. The first-order valence-electron chi connectivity index (χ1n) is 8.56. The summed E-state index contributed by atoms with van der Waals surface area (Å²) in [5, 5.41) is 9.32. The summed E-state index contributed by atoms with van der Waals surface area (Å²) in [7, 11) is 0. The molecule has 1 heterocycles. The molecule has 0 saturated carbocycles. The van der Waals surface area contributed by atoms with E-state index in [9.17, 15) is 23.1 Å². The lowest BCUT2D eigenvalue weighted by atomic mass is 9.85. The van der Waals surface area contributed by atoms with Gasteiger partial charge < -0.3 is 9.84 Å². The van der Waals surface area contributed by atoms with Gasteiger partial charge in [0.25, 0.3) is 0 Å². The number of carbonyl (C=O) groups is 1. The van der Waals surface area contributed by atoms with E-state index in [2.05, 4.69) is 0 Å². The van der Waals surface area contributed by atoms with Gasteiger partial charge in [0, 0.05) is 5.56 Å². The van der Waals surface area contributed by atoms with Gasteiger partial charge in [-0.1, -0.05) is 48.9 Å². The van der Waals surface area contributed by atoms with Crippen molar-refractivity contribution in [3.63, 3.8) is 0 Å². The fourth-order valence-electron chi connectivity index (χ4n) is 3.26. The highest BCUT2D eigenvalue weighted by Crippen LogP contribution is 2.47. The number of alkyl halides is 3. The van der Waals surface area contributed by atoms with Crippen molar-refractivity contribution in [2.75, 3.05) is 0 Å². The zero-order valence-electron chi connectivity index (χ0n) is 14.9. The van der Waals surface area contributed by atoms with Crippen LogP contribution in [-0.4, -0.2) is 22.9 Å². The zero-order chi connectivity index (χ0) is 19.8. The van der Waals surface area contributed by atoms with Gasteiger partial charge in [-0.05, 0) is 43.0 Å². The Bertz CT molecular complexity index is 898. The maximum Gasteiger partial charge on any atom is 0.432 e. The second-order valence-corrected chi connectivity index (χ2v) is 6.68. The molecule has 27 heavy (non-hydrogen) atoms. The molecule has 1 N–H and O–H groups in total. The average molecular weight is 376 g/mol. The Kier molecular flexibility index (Phi) is 4.76. The number of fused-ring (bicyclic) bond motifs is 1. The Morgan fingerprint density at radius 2 is 1.74 bits per heavy atom. The quantitative estimate of drug-likeness (QED) is 0.802. The molecule has 1 aliphatic rings. The van der Waals surface area contributed by atoms with Crippen LogP contribution in [-0.2, 0) is 11.2 Å². The third kappa shape index (κ3) is 3.44. The number of hydrogen-bond donors (Lipinski definition) is 1. The van der Waals surface area contributed by atoms with Gasteiger partial charge in [0.2, 0.25) is 5.60 Å². The van der Waals surface area contributed by atoms with Crippen molar-refractivity contribution in [2.45, 2.75) is 38.5 Å². The third-order valence-corrected chi connectivity index (χ3v) is 4.81. The van der Waals surface area contributed by atoms with E-state index in [1.807, 2.05) is 31.2 Å². The Morgan fingerprint density at radius 1 is 1.11 bits per heavy atom. The number of carboxylic acid groups (broad SMARTS) is 1. The smallest absolute Gasteiger partial charge is 0.432 e. The van der Waals surface area contributed by atoms with Crippen molar-refractivity contribution in [1.29, 1.82) is 0 Å². The highest BCUT2D eigenvalue weighted by atomic mass is 19.4. The molecule has 0 aliphatic carbocycles.